The number of thiophene rings is 1. The van der Waals surface area contributed by atoms with Gasteiger partial charge in [-0.25, -0.2) is 4.39 Å². The van der Waals surface area contributed by atoms with Gasteiger partial charge in [-0.2, -0.15) is 4.98 Å². The van der Waals surface area contributed by atoms with Gasteiger partial charge in [-0.1, -0.05) is 11.2 Å². The predicted molar refractivity (Wildman–Crippen MR) is 97.0 cm³/mol. The van der Waals surface area contributed by atoms with Gasteiger partial charge < -0.3 is 9.42 Å². The summed E-state index contributed by atoms with van der Waals surface area (Å²) in [5.74, 6) is 0.310. The van der Waals surface area contributed by atoms with Gasteiger partial charge in [0.2, 0.25) is 11.8 Å². The van der Waals surface area contributed by atoms with Crippen LogP contribution in [-0.4, -0.2) is 22.6 Å². The third-order valence-electron chi connectivity index (χ3n) is 4.48. The second kappa shape index (κ2) is 6.64. The molecular formula is C19H18FN3O2S. The van der Waals surface area contributed by atoms with E-state index in [9.17, 15) is 9.18 Å². The van der Waals surface area contributed by atoms with Crippen molar-refractivity contribution < 1.29 is 13.7 Å². The number of hydrogen-bond donors (Lipinski definition) is 0. The highest BCUT2D eigenvalue weighted by Gasteiger charge is 2.36. The lowest BCUT2D eigenvalue weighted by Gasteiger charge is -2.17. The number of aryl methyl sites for hydroxylation is 2. The molecule has 7 heteroatoms. The van der Waals surface area contributed by atoms with Crippen molar-refractivity contribution in [3.63, 3.8) is 0 Å². The number of carbonyl (C=O) groups is 1. The molecule has 0 bridgehead atoms. The number of benzene rings is 1. The highest BCUT2D eigenvalue weighted by molar-refractivity contribution is 7.11. The van der Waals surface area contributed by atoms with Crippen LogP contribution in [0.15, 0.2) is 34.9 Å². The molecule has 0 radical (unpaired) electrons. The van der Waals surface area contributed by atoms with E-state index < -0.39 is 5.82 Å². The van der Waals surface area contributed by atoms with Gasteiger partial charge in [0.25, 0.3) is 0 Å². The van der Waals surface area contributed by atoms with Gasteiger partial charge in [0.1, 0.15) is 5.82 Å². The zero-order chi connectivity index (χ0) is 18.3. The molecule has 0 saturated carbocycles. The summed E-state index contributed by atoms with van der Waals surface area (Å²) in [6.45, 7) is 4.22. The molecule has 26 heavy (non-hydrogen) atoms. The number of carbonyl (C=O) groups excluding carboxylic acids is 1. The van der Waals surface area contributed by atoms with Gasteiger partial charge in [0.15, 0.2) is 5.82 Å². The molecule has 5 nitrogen and oxygen atoms in total. The highest BCUT2D eigenvalue weighted by atomic mass is 32.1. The molecule has 1 aliphatic heterocycles. The van der Waals surface area contributed by atoms with Gasteiger partial charge in [-0.3, -0.25) is 4.79 Å². The van der Waals surface area contributed by atoms with Crippen molar-refractivity contribution in [1.82, 2.24) is 10.1 Å². The van der Waals surface area contributed by atoms with Gasteiger partial charge >= 0.3 is 0 Å². The van der Waals surface area contributed by atoms with Crippen LogP contribution in [0.1, 0.15) is 39.4 Å². The number of rotatable bonds is 4. The molecule has 3 aromatic rings. The van der Waals surface area contributed by atoms with Gasteiger partial charge in [-0.05, 0) is 43.7 Å². The van der Waals surface area contributed by atoms with Crippen LogP contribution >= 0.6 is 11.3 Å². The molecular weight excluding hydrogens is 353 g/mol. The Morgan fingerprint density at radius 1 is 1.31 bits per heavy atom. The Balaban J connectivity index is 1.50. The van der Waals surface area contributed by atoms with Crippen LogP contribution in [0.3, 0.4) is 0 Å². The summed E-state index contributed by atoms with van der Waals surface area (Å²) in [5.41, 5.74) is 1.12. The minimum atomic E-state index is -0.390. The maximum atomic E-state index is 14.2. The first-order valence-corrected chi connectivity index (χ1v) is 9.25. The predicted octanol–water partition coefficient (Wildman–Crippen LogP) is 4.00. The van der Waals surface area contributed by atoms with E-state index in [4.69, 9.17) is 4.52 Å². The molecule has 1 unspecified atom stereocenters. The molecule has 0 spiro atoms. The topological polar surface area (TPSA) is 59.2 Å². The highest BCUT2D eigenvalue weighted by Crippen LogP contribution is 2.32. The quantitative estimate of drug-likeness (QED) is 0.696. The van der Waals surface area contributed by atoms with Crippen molar-refractivity contribution >= 4 is 22.9 Å². The zero-order valence-corrected chi connectivity index (χ0v) is 15.3. The largest absolute Gasteiger partial charge is 0.339 e. The molecule has 1 aromatic carbocycles. The molecule has 1 atom stereocenters. The summed E-state index contributed by atoms with van der Waals surface area (Å²) in [7, 11) is 0. The lowest BCUT2D eigenvalue weighted by molar-refractivity contribution is -0.117. The fraction of sp³-hybridized carbons (Fsp3) is 0.316. The van der Waals surface area contributed by atoms with Crippen LogP contribution in [0, 0.1) is 19.7 Å². The van der Waals surface area contributed by atoms with Crippen LogP contribution in [0.4, 0.5) is 10.1 Å². The first kappa shape index (κ1) is 16.9. The standard InChI is InChI=1S/C19H18FN3O2S/c1-11-3-6-16(15(20)7-11)23-10-13(8-18(23)24)19-21-17(22-25-19)9-14-5-4-12(2)26-14/h3-7,13H,8-10H2,1-2H3. The summed E-state index contributed by atoms with van der Waals surface area (Å²) in [6.07, 6.45) is 0.853. The number of nitrogens with zero attached hydrogens (tertiary/aromatic N) is 3. The number of halogens is 1. The van der Waals surface area contributed by atoms with Crippen LogP contribution < -0.4 is 4.90 Å². The van der Waals surface area contributed by atoms with E-state index in [-0.39, 0.29) is 18.2 Å². The monoisotopic (exact) mass is 371 g/mol. The minimum absolute atomic E-state index is 0.133. The van der Waals surface area contributed by atoms with Gasteiger partial charge in [0.05, 0.1) is 11.6 Å². The van der Waals surface area contributed by atoms with Crippen molar-refractivity contribution in [1.29, 1.82) is 0 Å². The fourth-order valence-electron chi connectivity index (χ4n) is 3.18. The summed E-state index contributed by atoms with van der Waals surface area (Å²) >= 11 is 1.70. The van der Waals surface area contributed by atoms with Gasteiger partial charge in [-0.15, -0.1) is 11.3 Å². The van der Waals surface area contributed by atoms with Crippen molar-refractivity contribution in [2.75, 3.05) is 11.4 Å². The second-order valence-electron chi connectivity index (χ2n) is 6.60. The number of anilines is 1. The summed E-state index contributed by atoms with van der Waals surface area (Å²) in [5, 5.41) is 4.03. The average Bonchev–Trinajstić information content (AvgIpc) is 3.29. The third-order valence-corrected chi connectivity index (χ3v) is 5.48. The molecule has 1 aliphatic rings. The fourth-order valence-corrected chi connectivity index (χ4v) is 4.06. The molecule has 0 aliphatic carbocycles. The molecule has 1 saturated heterocycles. The Hall–Kier alpha value is -2.54. The second-order valence-corrected chi connectivity index (χ2v) is 7.97. The Morgan fingerprint density at radius 3 is 2.88 bits per heavy atom. The summed E-state index contributed by atoms with van der Waals surface area (Å²) in [6, 6.07) is 8.99. The van der Waals surface area contributed by atoms with E-state index >= 15 is 0 Å². The normalized spacial score (nSPS) is 17.3. The number of hydrogen-bond acceptors (Lipinski definition) is 5. The maximum Gasteiger partial charge on any atom is 0.232 e. The Kier molecular flexibility index (Phi) is 4.32. The zero-order valence-electron chi connectivity index (χ0n) is 14.5. The van der Waals surface area contributed by atoms with Crippen LogP contribution in [0.2, 0.25) is 0 Å². The average molecular weight is 371 g/mol. The third kappa shape index (κ3) is 3.26. The van der Waals surface area contributed by atoms with Crippen LogP contribution in [-0.2, 0) is 11.2 Å². The first-order chi connectivity index (χ1) is 12.5. The molecule has 0 N–H and O–H groups in total. The molecule has 134 valence electrons. The van der Waals surface area contributed by atoms with E-state index in [0.717, 1.165) is 5.56 Å². The van der Waals surface area contributed by atoms with Gasteiger partial charge in [0, 0.05) is 29.1 Å². The molecule has 1 amide bonds. The van der Waals surface area contributed by atoms with E-state index in [1.807, 2.05) is 6.92 Å². The lowest BCUT2D eigenvalue weighted by atomic mass is 10.1. The van der Waals surface area contributed by atoms with Crippen LogP contribution in [0.25, 0.3) is 0 Å². The van der Waals surface area contributed by atoms with Crippen LogP contribution in [0.5, 0.6) is 0 Å². The first-order valence-electron chi connectivity index (χ1n) is 8.44. The smallest absolute Gasteiger partial charge is 0.232 e. The Bertz CT molecular complexity index is 965. The lowest BCUT2D eigenvalue weighted by Crippen LogP contribution is -2.25. The molecule has 2 aromatic heterocycles. The minimum Gasteiger partial charge on any atom is -0.339 e. The van der Waals surface area contributed by atoms with E-state index in [0.29, 0.717) is 30.4 Å². The Labute approximate surface area is 154 Å². The summed E-state index contributed by atoms with van der Waals surface area (Å²) in [4.78, 5) is 20.7. The van der Waals surface area contributed by atoms with E-state index in [1.165, 1.54) is 20.7 Å². The van der Waals surface area contributed by atoms with E-state index in [1.54, 1.807) is 23.5 Å². The number of aromatic nitrogens is 2. The molecule has 4 rings (SSSR count). The SMILES string of the molecule is Cc1ccc(N2CC(c3nc(Cc4ccc(C)s4)no3)CC2=O)c(F)c1. The Morgan fingerprint density at radius 2 is 2.15 bits per heavy atom. The van der Waals surface area contributed by atoms with Crippen molar-refractivity contribution in [2.45, 2.75) is 32.6 Å². The summed E-state index contributed by atoms with van der Waals surface area (Å²) < 4.78 is 19.6. The molecule has 1 fully saturated rings. The maximum absolute atomic E-state index is 14.2. The van der Waals surface area contributed by atoms with Crippen molar-refractivity contribution in [3.8, 4) is 0 Å². The van der Waals surface area contributed by atoms with Crippen molar-refractivity contribution in [2.24, 2.45) is 0 Å². The molecule has 3 heterocycles. The number of amides is 1. The van der Waals surface area contributed by atoms with E-state index in [2.05, 4.69) is 29.2 Å². The van der Waals surface area contributed by atoms with Crippen molar-refractivity contribution in [3.05, 3.63) is 63.2 Å².